The molecular weight excluding hydrogens is 373 g/mol. The number of quaternary nitrogens is 1. The summed E-state index contributed by atoms with van der Waals surface area (Å²) in [4.78, 5) is 3.54. The normalized spacial score (nSPS) is 17.0. The quantitative estimate of drug-likeness (QED) is 0.780. The third kappa shape index (κ3) is 4.84. The van der Waals surface area contributed by atoms with Gasteiger partial charge in [0.15, 0.2) is 11.8 Å². The fourth-order valence-electron chi connectivity index (χ4n) is 3.13. The summed E-state index contributed by atoms with van der Waals surface area (Å²) in [5, 5.41) is 4.53. The van der Waals surface area contributed by atoms with Gasteiger partial charge in [0.1, 0.15) is 18.1 Å². The van der Waals surface area contributed by atoms with Crippen LogP contribution in [0.1, 0.15) is 12.0 Å². The van der Waals surface area contributed by atoms with Gasteiger partial charge in [-0.1, -0.05) is 23.7 Å². The maximum atomic E-state index is 13.1. The molecule has 2 aromatic rings. The zero-order valence-electron chi connectivity index (χ0n) is 14.6. The average Bonchev–Trinajstić information content (AvgIpc) is 2.64. The summed E-state index contributed by atoms with van der Waals surface area (Å²) in [6.07, 6.45) is 1.05. The molecule has 1 atom stereocenters. The number of methoxy groups -OCH3 is 1. The number of rotatable bonds is 4. The van der Waals surface area contributed by atoms with E-state index < -0.39 is 0 Å². The van der Waals surface area contributed by atoms with Crippen molar-refractivity contribution in [3.8, 4) is 5.75 Å². The summed E-state index contributed by atoms with van der Waals surface area (Å²) < 4.78 is 18.4. The van der Waals surface area contributed by atoms with E-state index in [1.807, 2.05) is 18.2 Å². The Morgan fingerprint density at radius 1 is 1.31 bits per heavy atom. The molecular formula is C19H22ClFN3OS+. The Labute approximate surface area is 163 Å². The molecule has 0 spiro atoms. The van der Waals surface area contributed by atoms with Gasteiger partial charge in [0.25, 0.3) is 0 Å². The highest BCUT2D eigenvalue weighted by Crippen LogP contribution is 2.27. The average molecular weight is 395 g/mol. The van der Waals surface area contributed by atoms with Crippen LogP contribution in [-0.2, 0) is 6.54 Å². The molecule has 1 unspecified atom stereocenters. The van der Waals surface area contributed by atoms with Crippen LogP contribution in [0.5, 0.6) is 5.75 Å². The van der Waals surface area contributed by atoms with Crippen LogP contribution in [0.3, 0.4) is 0 Å². The topological polar surface area (TPSA) is 28.9 Å². The van der Waals surface area contributed by atoms with E-state index in [1.165, 1.54) is 17.0 Å². The van der Waals surface area contributed by atoms with Gasteiger partial charge in [-0.15, -0.1) is 0 Å². The minimum atomic E-state index is -0.204. The zero-order chi connectivity index (χ0) is 18.5. The first-order valence-corrected chi connectivity index (χ1v) is 9.31. The minimum absolute atomic E-state index is 0.204. The van der Waals surface area contributed by atoms with Crippen molar-refractivity contribution in [3.63, 3.8) is 0 Å². The van der Waals surface area contributed by atoms with E-state index in [4.69, 9.17) is 28.6 Å². The van der Waals surface area contributed by atoms with Gasteiger partial charge in [0.05, 0.1) is 19.3 Å². The van der Waals surface area contributed by atoms with E-state index in [-0.39, 0.29) is 5.82 Å². The first kappa shape index (κ1) is 18.9. The van der Waals surface area contributed by atoms with Crippen LogP contribution in [0.15, 0.2) is 42.5 Å². The second-order valence-electron chi connectivity index (χ2n) is 6.35. The number of thiocarbonyl (C=S) groups is 1. The number of halogens is 2. The van der Waals surface area contributed by atoms with Gasteiger partial charge in [-0.3, -0.25) is 0 Å². The number of anilines is 1. The van der Waals surface area contributed by atoms with Crippen LogP contribution in [-0.4, -0.2) is 36.9 Å². The molecule has 0 amide bonds. The van der Waals surface area contributed by atoms with Crippen molar-refractivity contribution in [1.29, 1.82) is 0 Å². The number of benzene rings is 2. The number of ether oxygens (including phenoxy) is 1. The third-order valence-corrected chi connectivity index (χ3v) is 5.03. The van der Waals surface area contributed by atoms with Crippen molar-refractivity contribution in [1.82, 2.24) is 4.90 Å². The molecule has 2 N–H and O–H groups in total. The third-order valence-electron chi connectivity index (χ3n) is 4.43. The lowest BCUT2D eigenvalue weighted by atomic mass is 10.2. The number of hydrogen-bond donors (Lipinski definition) is 2. The highest BCUT2D eigenvalue weighted by molar-refractivity contribution is 7.80. The molecule has 2 aromatic carbocycles. The first-order chi connectivity index (χ1) is 12.5. The maximum absolute atomic E-state index is 13.1. The monoisotopic (exact) mass is 394 g/mol. The lowest BCUT2D eigenvalue weighted by molar-refractivity contribution is -0.927. The molecule has 4 nitrogen and oxygen atoms in total. The Balaban J connectivity index is 1.62. The summed E-state index contributed by atoms with van der Waals surface area (Å²) >= 11 is 11.7. The molecule has 0 bridgehead atoms. The van der Waals surface area contributed by atoms with Gasteiger partial charge >= 0.3 is 0 Å². The highest BCUT2D eigenvalue weighted by Gasteiger charge is 2.23. The molecule has 0 aliphatic carbocycles. The van der Waals surface area contributed by atoms with E-state index in [0.29, 0.717) is 15.9 Å². The molecule has 0 aromatic heterocycles. The van der Waals surface area contributed by atoms with Crippen LogP contribution in [0.4, 0.5) is 10.1 Å². The predicted octanol–water partition coefficient (Wildman–Crippen LogP) is 2.93. The van der Waals surface area contributed by atoms with Crippen LogP contribution in [0.2, 0.25) is 5.02 Å². The second-order valence-corrected chi connectivity index (χ2v) is 7.18. The molecule has 1 fully saturated rings. The Hall–Kier alpha value is -1.89. The molecule has 7 heteroatoms. The molecule has 138 valence electrons. The molecule has 0 radical (unpaired) electrons. The van der Waals surface area contributed by atoms with Gasteiger partial charge in [-0.2, -0.15) is 0 Å². The predicted molar refractivity (Wildman–Crippen MR) is 106 cm³/mol. The molecule has 0 saturated carbocycles. The van der Waals surface area contributed by atoms with Crippen molar-refractivity contribution in [2.24, 2.45) is 0 Å². The fourth-order valence-corrected chi connectivity index (χ4v) is 3.57. The van der Waals surface area contributed by atoms with E-state index >= 15 is 0 Å². The molecule has 3 rings (SSSR count). The van der Waals surface area contributed by atoms with Crippen LogP contribution >= 0.6 is 23.8 Å². The summed E-state index contributed by atoms with van der Waals surface area (Å²) in [5.41, 5.74) is 1.88. The molecule has 1 aliphatic rings. The van der Waals surface area contributed by atoms with Crippen LogP contribution in [0.25, 0.3) is 0 Å². The van der Waals surface area contributed by atoms with Crippen molar-refractivity contribution in [2.45, 2.75) is 13.0 Å². The molecule has 26 heavy (non-hydrogen) atoms. The lowest BCUT2D eigenvalue weighted by Gasteiger charge is -2.34. The SMILES string of the molecule is COc1ccc(Cl)cc1NC(=S)N1CCC[NH+](Cc2ccc(F)cc2)C1. The first-order valence-electron chi connectivity index (χ1n) is 8.52. The second kappa shape index (κ2) is 8.66. The molecule has 1 aliphatic heterocycles. The Morgan fingerprint density at radius 2 is 2.08 bits per heavy atom. The zero-order valence-corrected chi connectivity index (χ0v) is 16.2. The largest absolute Gasteiger partial charge is 0.495 e. The smallest absolute Gasteiger partial charge is 0.177 e. The Bertz CT molecular complexity index is 772. The van der Waals surface area contributed by atoms with E-state index in [9.17, 15) is 4.39 Å². The van der Waals surface area contributed by atoms with Gasteiger partial charge in [-0.25, -0.2) is 4.39 Å². The van der Waals surface area contributed by atoms with Gasteiger partial charge in [0.2, 0.25) is 0 Å². The molecule has 1 heterocycles. The Morgan fingerprint density at radius 3 is 2.81 bits per heavy atom. The van der Waals surface area contributed by atoms with Crippen molar-refractivity contribution < 1.29 is 14.0 Å². The van der Waals surface area contributed by atoms with E-state index in [2.05, 4.69) is 10.2 Å². The highest BCUT2D eigenvalue weighted by atomic mass is 35.5. The minimum Gasteiger partial charge on any atom is -0.495 e. The van der Waals surface area contributed by atoms with E-state index in [1.54, 1.807) is 19.2 Å². The van der Waals surface area contributed by atoms with Gasteiger partial charge < -0.3 is 19.9 Å². The molecule has 1 saturated heterocycles. The fraction of sp³-hybridized carbons (Fsp3) is 0.316. The summed E-state index contributed by atoms with van der Waals surface area (Å²) in [6.45, 7) is 3.62. The lowest BCUT2D eigenvalue weighted by Crippen LogP contribution is -3.13. The van der Waals surface area contributed by atoms with Gasteiger partial charge in [-0.05, 0) is 42.5 Å². The van der Waals surface area contributed by atoms with Crippen LogP contribution < -0.4 is 15.0 Å². The number of nitrogens with one attached hydrogen (secondary N) is 2. The van der Waals surface area contributed by atoms with Crippen molar-refractivity contribution >= 4 is 34.6 Å². The summed E-state index contributed by atoms with van der Waals surface area (Å²) in [7, 11) is 1.62. The Kier molecular flexibility index (Phi) is 6.29. The van der Waals surface area contributed by atoms with Gasteiger partial charge in [0, 0.05) is 23.6 Å². The van der Waals surface area contributed by atoms with Crippen LogP contribution in [0, 0.1) is 5.82 Å². The summed E-state index contributed by atoms with van der Waals surface area (Å²) in [6, 6.07) is 12.1. The number of nitrogens with zero attached hydrogens (tertiary/aromatic N) is 1. The maximum Gasteiger partial charge on any atom is 0.177 e. The number of hydrogen-bond acceptors (Lipinski definition) is 2. The van der Waals surface area contributed by atoms with Crippen molar-refractivity contribution in [2.75, 3.05) is 32.2 Å². The standard InChI is InChI=1S/C19H21ClFN3OS/c1-25-18-8-5-15(20)11-17(18)22-19(26)24-10-2-9-23(13-24)12-14-3-6-16(21)7-4-14/h3-8,11H,2,9-10,12-13H2,1H3,(H,22,26)/p+1. The van der Waals surface area contributed by atoms with Crippen molar-refractivity contribution in [3.05, 3.63) is 58.9 Å². The summed E-state index contributed by atoms with van der Waals surface area (Å²) in [5.74, 6) is 0.495. The van der Waals surface area contributed by atoms with E-state index in [0.717, 1.165) is 44.0 Å².